The highest BCUT2D eigenvalue weighted by Crippen LogP contribution is 2.31. The SMILES string of the molecule is Cc1cc2c(NCC(C)N)ccc([N+](=O)[O-])c2cn1. The number of rotatable bonds is 4. The number of benzene rings is 1. The first-order valence-corrected chi connectivity index (χ1v) is 6.02. The smallest absolute Gasteiger partial charge is 0.278 e. The van der Waals surface area contributed by atoms with Crippen molar-refractivity contribution in [3.05, 3.63) is 40.2 Å². The molecule has 0 aliphatic rings. The molecule has 1 aromatic carbocycles. The normalized spacial score (nSPS) is 12.4. The highest BCUT2D eigenvalue weighted by Gasteiger charge is 2.14. The topological polar surface area (TPSA) is 94.1 Å². The minimum absolute atomic E-state index is 0.00757. The molecule has 6 heteroatoms. The number of nitrogens with one attached hydrogen (secondary N) is 1. The second-order valence-electron chi connectivity index (χ2n) is 4.62. The highest BCUT2D eigenvalue weighted by molar-refractivity contribution is 5.99. The molecule has 0 fully saturated rings. The van der Waals surface area contributed by atoms with Gasteiger partial charge in [0.2, 0.25) is 0 Å². The molecule has 6 nitrogen and oxygen atoms in total. The van der Waals surface area contributed by atoms with Crippen molar-refractivity contribution in [1.82, 2.24) is 4.98 Å². The number of hydrogen-bond acceptors (Lipinski definition) is 5. The molecule has 2 aromatic rings. The van der Waals surface area contributed by atoms with Crippen molar-refractivity contribution in [3.8, 4) is 0 Å². The fraction of sp³-hybridized carbons (Fsp3) is 0.308. The van der Waals surface area contributed by atoms with E-state index in [2.05, 4.69) is 10.3 Å². The molecule has 19 heavy (non-hydrogen) atoms. The molecular weight excluding hydrogens is 244 g/mol. The van der Waals surface area contributed by atoms with Gasteiger partial charge in [-0.1, -0.05) is 0 Å². The average Bonchev–Trinajstić information content (AvgIpc) is 2.35. The van der Waals surface area contributed by atoms with Gasteiger partial charge in [0.15, 0.2) is 0 Å². The molecule has 3 N–H and O–H groups in total. The summed E-state index contributed by atoms with van der Waals surface area (Å²) in [4.78, 5) is 14.8. The molecular formula is C13H16N4O2. The monoisotopic (exact) mass is 260 g/mol. The zero-order valence-electron chi connectivity index (χ0n) is 10.9. The lowest BCUT2D eigenvalue weighted by molar-refractivity contribution is -0.383. The molecule has 0 aliphatic carbocycles. The van der Waals surface area contributed by atoms with E-state index in [9.17, 15) is 10.1 Å². The summed E-state index contributed by atoms with van der Waals surface area (Å²) < 4.78 is 0. The van der Waals surface area contributed by atoms with Crippen LogP contribution in [0.2, 0.25) is 0 Å². The molecule has 0 aliphatic heterocycles. The summed E-state index contributed by atoms with van der Waals surface area (Å²) in [5, 5.41) is 15.5. The van der Waals surface area contributed by atoms with Crippen LogP contribution in [0.25, 0.3) is 10.8 Å². The van der Waals surface area contributed by atoms with Gasteiger partial charge in [0.05, 0.1) is 10.3 Å². The van der Waals surface area contributed by atoms with Gasteiger partial charge in [-0.15, -0.1) is 0 Å². The van der Waals surface area contributed by atoms with Crippen molar-refractivity contribution in [2.75, 3.05) is 11.9 Å². The molecule has 1 heterocycles. The third kappa shape index (κ3) is 2.79. The second-order valence-corrected chi connectivity index (χ2v) is 4.62. The van der Waals surface area contributed by atoms with E-state index < -0.39 is 4.92 Å². The standard InChI is InChI=1S/C13H16N4O2/c1-8(14)6-16-12-3-4-13(17(18)19)11-7-15-9(2)5-10(11)12/h3-5,7-8,16H,6,14H2,1-2H3. The number of aryl methyl sites for hydroxylation is 1. The van der Waals surface area contributed by atoms with Crippen molar-refractivity contribution in [2.24, 2.45) is 5.73 Å². The summed E-state index contributed by atoms with van der Waals surface area (Å²) in [6.45, 7) is 4.36. The van der Waals surface area contributed by atoms with E-state index in [4.69, 9.17) is 5.73 Å². The summed E-state index contributed by atoms with van der Waals surface area (Å²) in [6.07, 6.45) is 1.54. The van der Waals surface area contributed by atoms with Gasteiger partial charge in [0, 0.05) is 41.6 Å². The Bertz CT molecular complexity index is 625. The van der Waals surface area contributed by atoms with Gasteiger partial charge in [-0.05, 0) is 26.0 Å². The van der Waals surface area contributed by atoms with Crippen molar-refractivity contribution in [3.63, 3.8) is 0 Å². The van der Waals surface area contributed by atoms with E-state index in [1.54, 1.807) is 12.3 Å². The first-order chi connectivity index (χ1) is 8.99. The molecule has 0 radical (unpaired) electrons. The van der Waals surface area contributed by atoms with Crippen LogP contribution in [0.15, 0.2) is 24.4 Å². The van der Waals surface area contributed by atoms with Gasteiger partial charge in [0.25, 0.3) is 5.69 Å². The maximum absolute atomic E-state index is 11.0. The lowest BCUT2D eigenvalue weighted by Crippen LogP contribution is -2.25. The van der Waals surface area contributed by atoms with Crippen molar-refractivity contribution in [2.45, 2.75) is 19.9 Å². The molecule has 1 aromatic heterocycles. The predicted molar refractivity (Wildman–Crippen MR) is 75.3 cm³/mol. The average molecular weight is 260 g/mol. The number of non-ortho nitro benzene ring substituents is 1. The fourth-order valence-electron chi connectivity index (χ4n) is 1.91. The minimum Gasteiger partial charge on any atom is -0.383 e. The molecule has 1 unspecified atom stereocenters. The number of nitro groups is 1. The van der Waals surface area contributed by atoms with E-state index in [1.807, 2.05) is 19.9 Å². The van der Waals surface area contributed by atoms with Crippen LogP contribution in [-0.4, -0.2) is 22.5 Å². The number of fused-ring (bicyclic) bond motifs is 1. The quantitative estimate of drug-likeness (QED) is 0.649. The summed E-state index contributed by atoms with van der Waals surface area (Å²) in [7, 11) is 0. The predicted octanol–water partition coefficient (Wildman–Crippen LogP) is 2.21. The van der Waals surface area contributed by atoms with Crippen molar-refractivity contribution >= 4 is 22.1 Å². The van der Waals surface area contributed by atoms with Crippen LogP contribution in [-0.2, 0) is 0 Å². The van der Waals surface area contributed by atoms with E-state index in [-0.39, 0.29) is 11.7 Å². The number of nitrogens with two attached hydrogens (primary N) is 1. The van der Waals surface area contributed by atoms with Crippen molar-refractivity contribution < 1.29 is 4.92 Å². The molecule has 2 rings (SSSR count). The summed E-state index contributed by atoms with van der Waals surface area (Å²) in [5.41, 5.74) is 7.43. The maximum atomic E-state index is 11.0. The first kappa shape index (κ1) is 13.2. The van der Waals surface area contributed by atoms with Crippen LogP contribution in [0.3, 0.4) is 0 Å². The molecule has 100 valence electrons. The van der Waals surface area contributed by atoms with Gasteiger partial charge in [-0.25, -0.2) is 0 Å². The molecule has 0 amide bonds. The summed E-state index contributed by atoms with van der Waals surface area (Å²) >= 11 is 0. The second kappa shape index (κ2) is 5.19. The van der Waals surface area contributed by atoms with E-state index >= 15 is 0 Å². The number of pyridine rings is 1. The van der Waals surface area contributed by atoms with Gasteiger partial charge in [0.1, 0.15) is 0 Å². The zero-order valence-corrected chi connectivity index (χ0v) is 10.9. The Balaban J connectivity index is 2.57. The van der Waals surface area contributed by atoms with E-state index in [1.165, 1.54) is 6.07 Å². The Morgan fingerprint density at radius 2 is 2.21 bits per heavy atom. The number of anilines is 1. The van der Waals surface area contributed by atoms with Crippen LogP contribution < -0.4 is 11.1 Å². The highest BCUT2D eigenvalue weighted by atomic mass is 16.6. The lowest BCUT2D eigenvalue weighted by atomic mass is 10.1. The molecule has 1 atom stereocenters. The van der Waals surface area contributed by atoms with Crippen LogP contribution in [0.4, 0.5) is 11.4 Å². The number of nitro benzene ring substituents is 1. The molecule has 0 saturated heterocycles. The minimum atomic E-state index is -0.394. The molecule has 0 bridgehead atoms. The van der Waals surface area contributed by atoms with Crippen LogP contribution in [0.1, 0.15) is 12.6 Å². The Morgan fingerprint density at radius 3 is 2.84 bits per heavy atom. The lowest BCUT2D eigenvalue weighted by Gasteiger charge is -2.12. The largest absolute Gasteiger partial charge is 0.383 e. The Kier molecular flexibility index (Phi) is 3.62. The Hall–Kier alpha value is -2.21. The van der Waals surface area contributed by atoms with Crippen LogP contribution >= 0.6 is 0 Å². The van der Waals surface area contributed by atoms with Crippen LogP contribution in [0.5, 0.6) is 0 Å². The molecule has 0 spiro atoms. The zero-order chi connectivity index (χ0) is 14.0. The maximum Gasteiger partial charge on any atom is 0.278 e. The van der Waals surface area contributed by atoms with Gasteiger partial charge >= 0.3 is 0 Å². The molecule has 0 saturated carbocycles. The first-order valence-electron chi connectivity index (χ1n) is 6.02. The van der Waals surface area contributed by atoms with Crippen molar-refractivity contribution in [1.29, 1.82) is 0 Å². The Labute approximate surface area is 110 Å². The number of hydrogen-bond donors (Lipinski definition) is 2. The number of aromatic nitrogens is 1. The van der Waals surface area contributed by atoms with E-state index in [0.29, 0.717) is 11.9 Å². The van der Waals surface area contributed by atoms with Gasteiger partial charge in [-0.3, -0.25) is 15.1 Å². The van der Waals surface area contributed by atoms with Gasteiger partial charge in [-0.2, -0.15) is 0 Å². The fourth-order valence-corrected chi connectivity index (χ4v) is 1.91. The van der Waals surface area contributed by atoms with Crippen LogP contribution in [0, 0.1) is 17.0 Å². The third-order valence-electron chi connectivity index (χ3n) is 2.83. The number of nitrogens with zero attached hydrogens (tertiary/aromatic N) is 2. The Morgan fingerprint density at radius 1 is 1.47 bits per heavy atom. The summed E-state index contributed by atoms with van der Waals surface area (Å²) in [5.74, 6) is 0. The summed E-state index contributed by atoms with van der Waals surface area (Å²) in [6, 6.07) is 5.05. The van der Waals surface area contributed by atoms with Gasteiger partial charge < -0.3 is 11.1 Å². The van der Waals surface area contributed by atoms with E-state index in [0.717, 1.165) is 16.8 Å². The third-order valence-corrected chi connectivity index (χ3v) is 2.83.